The van der Waals surface area contributed by atoms with Crippen LogP contribution in [0.5, 0.6) is 0 Å². The molecule has 1 aliphatic rings. The molecule has 156 valence electrons. The van der Waals surface area contributed by atoms with Gasteiger partial charge in [-0.1, -0.05) is 18.5 Å². The second kappa shape index (κ2) is 8.93. The summed E-state index contributed by atoms with van der Waals surface area (Å²) in [6.45, 7) is 3.49. The highest BCUT2D eigenvalue weighted by Gasteiger charge is 2.25. The molecule has 1 N–H and O–H groups in total. The zero-order valence-electron chi connectivity index (χ0n) is 16.1. The van der Waals surface area contributed by atoms with Crippen molar-refractivity contribution in [2.24, 2.45) is 5.92 Å². The molecule has 2 aromatic rings. The Morgan fingerprint density at radius 1 is 1.21 bits per heavy atom. The highest BCUT2D eigenvalue weighted by atomic mass is 35.5. The Morgan fingerprint density at radius 2 is 1.90 bits per heavy atom. The molecule has 0 unspecified atom stereocenters. The minimum Gasteiger partial charge on any atom is -0.339 e. The van der Waals surface area contributed by atoms with Crippen LogP contribution >= 0.6 is 23.4 Å². The van der Waals surface area contributed by atoms with Crippen LogP contribution in [0, 0.1) is 11.7 Å². The van der Waals surface area contributed by atoms with Crippen molar-refractivity contribution in [1.82, 2.24) is 4.90 Å². The van der Waals surface area contributed by atoms with Gasteiger partial charge in [-0.25, -0.2) is 12.8 Å². The fourth-order valence-corrected chi connectivity index (χ4v) is 5.00. The van der Waals surface area contributed by atoms with Crippen molar-refractivity contribution in [2.45, 2.75) is 29.6 Å². The molecule has 1 saturated heterocycles. The van der Waals surface area contributed by atoms with Crippen molar-refractivity contribution in [3.63, 3.8) is 0 Å². The number of sulfonamides is 1. The summed E-state index contributed by atoms with van der Waals surface area (Å²) >= 11 is 7.12. The lowest BCUT2D eigenvalue weighted by molar-refractivity contribution is 0.0693. The number of nitrogens with one attached hydrogen (secondary N) is 1. The Hall–Kier alpha value is -1.77. The van der Waals surface area contributed by atoms with Gasteiger partial charge in [-0.3, -0.25) is 9.52 Å². The normalized spacial score (nSPS) is 15.4. The maximum absolute atomic E-state index is 13.3. The van der Waals surface area contributed by atoms with E-state index in [-0.39, 0.29) is 21.5 Å². The topological polar surface area (TPSA) is 66.5 Å². The Balaban J connectivity index is 1.90. The van der Waals surface area contributed by atoms with Gasteiger partial charge < -0.3 is 4.90 Å². The van der Waals surface area contributed by atoms with E-state index in [0.29, 0.717) is 24.6 Å². The molecule has 3 rings (SSSR count). The molecule has 0 aliphatic carbocycles. The van der Waals surface area contributed by atoms with Gasteiger partial charge in [-0.05, 0) is 61.4 Å². The summed E-state index contributed by atoms with van der Waals surface area (Å²) < 4.78 is 41.3. The molecule has 0 saturated carbocycles. The van der Waals surface area contributed by atoms with E-state index >= 15 is 0 Å². The number of halogens is 2. The smallest absolute Gasteiger partial charge is 0.261 e. The summed E-state index contributed by atoms with van der Waals surface area (Å²) in [6, 6.07) is 8.07. The zero-order valence-corrected chi connectivity index (χ0v) is 18.5. The molecule has 0 radical (unpaired) electrons. The maximum atomic E-state index is 13.3. The van der Waals surface area contributed by atoms with Gasteiger partial charge in [0, 0.05) is 18.0 Å². The van der Waals surface area contributed by atoms with E-state index in [0.717, 1.165) is 23.8 Å². The first kappa shape index (κ1) is 21.9. The van der Waals surface area contributed by atoms with E-state index in [1.165, 1.54) is 36.0 Å². The number of thioether (sulfide) groups is 1. The van der Waals surface area contributed by atoms with Gasteiger partial charge in [0.25, 0.3) is 15.9 Å². The Labute approximate surface area is 179 Å². The van der Waals surface area contributed by atoms with Crippen LogP contribution in [-0.2, 0) is 10.0 Å². The number of carbonyl (C=O) groups excluding carboxylic acids is 1. The van der Waals surface area contributed by atoms with E-state index in [2.05, 4.69) is 11.6 Å². The maximum Gasteiger partial charge on any atom is 0.261 e. The highest BCUT2D eigenvalue weighted by Crippen LogP contribution is 2.28. The van der Waals surface area contributed by atoms with Crippen molar-refractivity contribution >= 4 is 45.0 Å². The Morgan fingerprint density at radius 3 is 2.52 bits per heavy atom. The SMILES string of the molecule is CSc1ccc(S(=O)(=O)Nc2ccc(F)c(Cl)c2)cc1C(=O)N1CCC(C)CC1. The molecule has 0 spiro atoms. The molecule has 0 aromatic heterocycles. The van der Waals surface area contributed by atoms with Crippen LogP contribution in [0.3, 0.4) is 0 Å². The van der Waals surface area contributed by atoms with Crippen molar-refractivity contribution in [3.05, 3.63) is 52.8 Å². The monoisotopic (exact) mass is 456 g/mol. The molecule has 9 heteroatoms. The molecular weight excluding hydrogens is 435 g/mol. The van der Waals surface area contributed by atoms with Crippen LogP contribution in [0.4, 0.5) is 10.1 Å². The minimum absolute atomic E-state index is 0.0375. The number of likely N-dealkylation sites (tertiary alicyclic amines) is 1. The molecule has 1 aliphatic heterocycles. The summed E-state index contributed by atoms with van der Waals surface area (Å²) in [5, 5.41) is -0.182. The van der Waals surface area contributed by atoms with Gasteiger partial charge in [0.1, 0.15) is 5.82 Å². The lowest BCUT2D eigenvalue weighted by atomic mass is 9.98. The molecule has 5 nitrogen and oxygen atoms in total. The average molecular weight is 457 g/mol. The number of hydrogen-bond donors (Lipinski definition) is 1. The number of benzene rings is 2. The van der Waals surface area contributed by atoms with E-state index in [1.54, 1.807) is 11.0 Å². The summed E-state index contributed by atoms with van der Waals surface area (Å²) in [6.07, 6.45) is 3.72. The fourth-order valence-electron chi connectivity index (χ4n) is 3.18. The van der Waals surface area contributed by atoms with Gasteiger partial charge in [-0.2, -0.15) is 0 Å². The predicted molar refractivity (Wildman–Crippen MR) is 115 cm³/mol. The first-order valence-electron chi connectivity index (χ1n) is 9.16. The number of amides is 1. The standard InChI is InChI=1S/C20H22ClFN2O3S2/c1-13-7-9-24(10-8-13)20(25)16-12-15(4-6-19(16)28-2)29(26,27)23-14-3-5-18(22)17(21)11-14/h3-6,11-13,23H,7-10H2,1-2H3. The van der Waals surface area contributed by atoms with Gasteiger partial charge in [0.2, 0.25) is 0 Å². The third kappa shape index (κ3) is 5.05. The number of piperidine rings is 1. The van der Waals surface area contributed by atoms with E-state index < -0.39 is 15.8 Å². The third-order valence-electron chi connectivity index (χ3n) is 4.95. The number of anilines is 1. The first-order chi connectivity index (χ1) is 13.7. The molecule has 0 atom stereocenters. The summed E-state index contributed by atoms with van der Waals surface area (Å²) in [5.41, 5.74) is 0.510. The lowest BCUT2D eigenvalue weighted by Gasteiger charge is -2.30. The number of rotatable bonds is 5. The van der Waals surface area contributed by atoms with Gasteiger partial charge >= 0.3 is 0 Å². The largest absolute Gasteiger partial charge is 0.339 e. The summed E-state index contributed by atoms with van der Waals surface area (Å²) in [4.78, 5) is 15.5. The second-order valence-electron chi connectivity index (χ2n) is 7.07. The molecule has 1 amide bonds. The van der Waals surface area contributed by atoms with Crippen LogP contribution in [0.25, 0.3) is 0 Å². The van der Waals surface area contributed by atoms with Crippen LogP contribution in [0.1, 0.15) is 30.1 Å². The average Bonchev–Trinajstić information content (AvgIpc) is 2.70. The van der Waals surface area contributed by atoms with Gasteiger partial charge in [0.05, 0.1) is 21.2 Å². The zero-order chi connectivity index (χ0) is 21.2. The molecule has 1 fully saturated rings. The minimum atomic E-state index is -3.97. The third-order valence-corrected chi connectivity index (χ3v) is 7.42. The van der Waals surface area contributed by atoms with Crippen molar-refractivity contribution in [2.75, 3.05) is 24.1 Å². The van der Waals surface area contributed by atoms with Crippen molar-refractivity contribution in [1.29, 1.82) is 0 Å². The van der Waals surface area contributed by atoms with Gasteiger partial charge in [-0.15, -0.1) is 11.8 Å². The summed E-state index contributed by atoms with van der Waals surface area (Å²) in [5.74, 6) is -0.219. The summed E-state index contributed by atoms with van der Waals surface area (Å²) in [7, 11) is -3.97. The van der Waals surface area contributed by atoms with Crippen LogP contribution in [-0.4, -0.2) is 38.6 Å². The lowest BCUT2D eigenvalue weighted by Crippen LogP contribution is -2.38. The number of hydrogen-bond acceptors (Lipinski definition) is 4. The molecule has 29 heavy (non-hydrogen) atoms. The number of carbonyl (C=O) groups is 1. The van der Waals surface area contributed by atoms with Crippen molar-refractivity contribution < 1.29 is 17.6 Å². The van der Waals surface area contributed by atoms with Crippen LogP contribution < -0.4 is 4.72 Å². The second-order valence-corrected chi connectivity index (χ2v) is 10.0. The molecular formula is C20H22ClFN2O3S2. The van der Waals surface area contributed by atoms with E-state index in [4.69, 9.17) is 11.6 Å². The number of nitrogens with zero attached hydrogens (tertiary/aromatic N) is 1. The molecule has 0 bridgehead atoms. The Kier molecular flexibility index (Phi) is 6.76. The van der Waals surface area contributed by atoms with E-state index in [1.807, 2.05) is 6.26 Å². The van der Waals surface area contributed by atoms with Crippen molar-refractivity contribution in [3.8, 4) is 0 Å². The fraction of sp³-hybridized carbons (Fsp3) is 0.350. The molecule has 1 heterocycles. The predicted octanol–water partition coefficient (Wildman–Crippen LogP) is 4.87. The van der Waals surface area contributed by atoms with Crippen LogP contribution in [0.15, 0.2) is 46.2 Å². The van der Waals surface area contributed by atoms with Gasteiger partial charge in [0.15, 0.2) is 0 Å². The first-order valence-corrected chi connectivity index (χ1v) is 12.2. The Bertz CT molecular complexity index is 1020. The van der Waals surface area contributed by atoms with Crippen LogP contribution in [0.2, 0.25) is 5.02 Å². The molecule has 2 aromatic carbocycles. The highest BCUT2D eigenvalue weighted by molar-refractivity contribution is 7.98. The van der Waals surface area contributed by atoms with E-state index in [9.17, 15) is 17.6 Å². The quantitative estimate of drug-likeness (QED) is 0.651.